The highest BCUT2D eigenvalue weighted by atomic mass is 32.2. The first kappa shape index (κ1) is 12.8. The van der Waals surface area contributed by atoms with Crippen LogP contribution in [0.5, 0.6) is 0 Å². The standard InChI is InChI=1S/C14H21NOS/c1-2-16-11-12-5-3-4-6-14(12)15-13-7-9-17-10-8-13/h3-6,13,15H,2,7-11H2,1H3. The van der Waals surface area contributed by atoms with Crippen LogP contribution >= 0.6 is 11.8 Å². The molecule has 1 heterocycles. The van der Waals surface area contributed by atoms with Crippen LogP contribution < -0.4 is 5.32 Å². The zero-order valence-electron chi connectivity index (χ0n) is 10.4. The predicted octanol–water partition coefficient (Wildman–Crippen LogP) is 3.53. The van der Waals surface area contributed by atoms with Crippen LogP contribution in [0.3, 0.4) is 0 Å². The summed E-state index contributed by atoms with van der Waals surface area (Å²) in [5, 5.41) is 3.67. The molecular weight excluding hydrogens is 230 g/mol. The van der Waals surface area contributed by atoms with E-state index in [-0.39, 0.29) is 0 Å². The van der Waals surface area contributed by atoms with Gasteiger partial charge < -0.3 is 10.1 Å². The second-order valence-electron chi connectivity index (χ2n) is 4.33. The molecule has 1 aliphatic heterocycles. The summed E-state index contributed by atoms with van der Waals surface area (Å²) < 4.78 is 5.51. The van der Waals surface area contributed by atoms with Crippen molar-refractivity contribution in [1.29, 1.82) is 0 Å². The first-order valence-electron chi connectivity index (χ1n) is 6.40. The van der Waals surface area contributed by atoms with Gasteiger partial charge in [0.05, 0.1) is 6.61 Å². The zero-order valence-corrected chi connectivity index (χ0v) is 11.3. The second kappa shape index (κ2) is 6.92. The summed E-state index contributed by atoms with van der Waals surface area (Å²) in [6.45, 7) is 3.52. The number of nitrogens with one attached hydrogen (secondary N) is 1. The molecule has 0 radical (unpaired) electrons. The molecule has 0 aromatic heterocycles. The Morgan fingerprint density at radius 2 is 2.06 bits per heavy atom. The third-order valence-corrected chi connectivity index (χ3v) is 4.11. The SMILES string of the molecule is CCOCc1ccccc1NC1CCSCC1. The highest BCUT2D eigenvalue weighted by Crippen LogP contribution is 2.23. The van der Waals surface area contributed by atoms with Crippen LogP contribution in [0.2, 0.25) is 0 Å². The summed E-state index contributed by atoms with van der Waals surface area (Å²) in [5.41, 5.74) is 2.52. The van der Waals surface area contributed by atoms with Crippen molar-refractivity contribution in [2.45, 2.75) is 32.4 Å². The third-order valence-electron chi connectivity index (χ3n) is 3.06. The van der Waals surface area contributed by atoms with Gasteiger partial charge in [0, 0.05) is 23.9 Å². The molecule has 0 saturated carbocycles. The van der Waals surface area contributed by atoms with Crippen LogP contribution in [0.25, 0.3) is 0 Å². The van der Waals surface area contributed by atoms with Gasteiger partial charge in [-0.2, -0.15) is 11.8 Å². The summed E-state index contributed by atoms with van der Waals surface area (Å²) in [7, 11) is 0. The molecule has 1 N–H and O–H groups in total. The van der Waals surface area contributed by atoms with Gasteiger partial charge in [0.25, 0.3) is 0 Å². The maximum Gasteiger partial charge on any atom is 0.0736 e. The molecule has 94 valence electrons. The highest BCUT2D eigenvalue weighted by molar-refractivity contribution is 7.99. The van der Waals surface area contributed by atoms with Crippen molar-refractivity contribution in [3.63, 3.8) is 0 Å². The van der Waals surface area contributed by atoms with E-state index in [9.17, 15) is 0 Å². The van der Waals surface area contributed by atoms with Gasteiger partial charge in [0.1, 0.15) is 0 Å². The summed E-state index contributed by atoms with van der Waals surface area (Å²) in [6, 6.07) is 9.12. The normalized spacial score (nSPS) is 17.0. The molecule has 0 spiro atoms. The lowest BCUT2D eigenvalue weighted by Gasteiger charge is -2.25. The number of benzene rings is 1. The fourth-order valence-electron chi connectivity index (χ4n) is 2.06. The molecule has 1 aromatic carbocycles. The van der Waals surface area contributed by atoms with Crippen LogP contribution in [0, 0.1) is 0 Å². The van der Waals surface area contributed by atoms with Crippen molar-refractivity contribution < 1.29 is 4.74 Å². The fraction of sp³-hybridized carbons (Fsp3) is 0.571. The molecule has 1 fully saturated rings. The number of hydrogen-bond acceptors (Lipinski definition) is 3. The Labute approximate surface area is 108 Å². The van der Waals surface area contributed by atoms with E-state index in [1.165, 1.54) is 35.6 Å². The highest BCUT2D eigenvalue weighted by Gasteiger charge is 2.14. The number of rotatable bonds is 5. The van der Waals surface area contributed by atoms with Gasteiger partial charge in [-0.25, -0.2) is 0 Å². The maximum absolute atomic E-state index is 5.51. The summed E-state index contributed by atoms with van der Waals surface area (Å²) in [6.07, 6.45) is 2.54. The minimum Gasteiger partial charge on any atom is -0.382 e. The number of para-hydroxylation sites is 1. The molecule has 0 unspecified atom stereocenters. The Hall–Kier alpha value is -0.670. The van der Waals surface area contributed by atoms with E-state index in [1.807, 2.05) is 6.92 Å². The molecule has 0 aliphatic carbocycles. The van der Waals surface area contributed by atoms with Gasteiger partial charge in [-0.1, -0.05) is 18.2 Å². The first-order valence-corrected chi connectivity index (χ1v) is 7.55. The van der Waals surface area contributed by atoms with Crippen molar-refractivity contribution in [2.24, 2.45) is 0 Å². The molecule has 1 saturated heterocycles. The van der Waals surface area contributed by atoms with Crippen LogP contribution in [-0.2, 0) is 11.3 Å². The number of ether oxygens (including phenoxy) is 1. The Morgan fingerprint density at radius 1 is 1.29 bits per heavy atom. The lowest BCUT2D eigenvalue weighted by atomic mass is 10.1. The Morgan fingerprint density at radius 3 is 2.82 bits per heavy atom. The smallest absolute Gasteiger partial charge is 0.0736 e. The van der Waals surface area contributed by atoms with E-state index in [4.69, 9.17) is 4.74 Å². The van der Waals surface area contributed by atoms with Crippen molar-refractivity contribution in [1.82, 2.24) is 0 Å². The van der Waals surface area contributed by atoms with Gasteiger partial charge >= 0.3 is 0 Å². The van der Waals surface area contributed by atoms with Crippen LogP contribution in [0.15, 0.2) is 24.3 Å². The summed E-state index contributed by atoms with van der Waals surface area (Å²) in [5.74, 6) is 2.57. The minimum atomic E-state index is 0.638. The molecule has 1 aromatic rings. The predicted molar refractivity (Wildman–Crippen MR) is 75.7 cm³/mol. The lowest BCUT2D eigenvalue weighted by molar-refractivity contribution is 0.134. The maximum atomic E-state index is 5.51. The van der Waals surface area contributed by atoms with Crippen molar-refractivity contribution in [2.75, 3.05) is 23.4 Å². The van der Waals surface area contributed by atoms with E-state index in [0.717, 1.165) is 6.61 Å². The average Bonchev–Trinajstić information content (AvgIpc) is 2.39. The average molecular weight is 251 g/mol. The molecule has 2 rings (SSSR count). The minimum absolute atomic E-state index is 0.638. The summed E-state index contributed by atoms with van der Waals surface area (Å²) in [4.78, 5) is 0. The molecule has 0 amide bonds. The van der Waals surface area contributed by atoms with Crippen LogP contribution in [0.4, 0.5) is 5.69 Å². The molecule has 3 heteroatoms. The monoisotopic (exact) mass is 251 g/mol. The van der Waals surface area contributed by atoms with Gasteiger partial charge in [-0.15, -0.1) is 0 Å². The van der Waals surface area contributed by atoms with E-state index in [1.54, 1.807) is 0 Å². The lowest BCUT2D eigenvalue weighted by Crippen LogP contribution is -2.25. The zero-order chi connectivity index (χ0) is 11.9. The van der Waals surface area contributed by atoms with Gasteiger partial charge in [-0.3, -0.25) is 0 Å². The number of anilines is 1. The van der Waals surface area contributed by atoms with E-state index in [0.29, 0.717) is 12.6 Å². The van der Waals surface area contributed by atoms with Crippen LogP contribution in [0.1, 0.15) is 25.3 Å². The van der Waals surface area contributed by atoms with Crippen molar-refractivity contribution >= 4 is 17.4 Å². The quantitative estimate of drug-likeness (QED) is 0.865. The largest absolute Gasteiger partial charge is 0.382 e. The Kier molecular flexibility index (Phi) is 5.20. The molecule has 0 bridgehead atoms. The van der Waals surface area contributed by atoms with E-state index in [2.05, 4.69) is 41.3 Å². The number of thioether (sulfide) groups is 1. The fourth-order valence-corrected chi connectivity index (χ4v) is 3.17. The Bertz CT molecular complexity index is 337. The van der Waals surface area contributed by atoms with Crippen molar-refractivity contribution in [3.05, 3.63) is 29.8 Å². The first-order chi connectivity index (χ1) is 8.40. The molecule has 0 atom stereocenters. The van der Waals surface area contributed by atoms with Gasteiger partial charge in [-0.05, 0) is 37.3 Å². The Balaban J connectivity index is 1.98. The summed E-state index contributed by atoms with van der Waals surface area (Å²) >= 11 is 2.06. The van der Waals surface area contributed by atoms with Gasteiger partial charge in [0.2, 0.25) is 0 Å². The van der Waals surface area contributed by atoms with Gasteiger partial charge in [0.15, 0.2) is 0 Å². The second-order valence-corrected chi connectivity index (χ2v) is 5.55. The molecule has 17 heavy (non-hydrogen) atoms. The van der Waals surface area contributed by atoms with Crippen molar-refractivity contribution in [3.8, 4) is 0 Å². The van der Waals surface area contributed by atoms with E-state index >= 15 is 0 Å². The third kappa shape index (κ3) is 3.93. The number of hydrogen-bond donors (Lipinski definition) is 1. The molecular formula is C14H21NOS. The van der Waals surface area contributed by atoms with E-state index < -0.39 is 0 Å². The molecule has 2 nitrogen and oxygen atoms in total. The topological polar surface area (TPSA) is 21.3 Å². The molecule has 1 aliphatic rings. The van der Waals surface area contributed by atoms with Crippen LogP contribution in [-0.4, -0.2) is 24.2 Å².